The molecule has 5 N–H and O–H groups in total. The maximum atomic E-state index is 11.3. The van der Waals surface area contributed by atoms with Crippen LogP contribution >= 0.6 is 0 Å². The van der Waals surface area contributed by atoms with Crippen LogP contribution in [0.4, 0.5) is 0 Å². The van der Waals surface area contributed by atoms with Gasteiger partial charge in [0.1, 0.15) is 73.2 Å². The summed E-state index contributed by atoms with van der Waals surface area (Å²) in [6.07, 6.45) is -17.8. The first-order chi connectivity index (χ1) is 24.2. The standard InChI is InChI=1S/C35H48O15/c1-18-28(41-2)32(42-3)31(22(45-18)16-43-15-19-10-6-4-7-11-19)50-34-26(39)24(37)29(21(14-36)46-34)49-35-27(40)25(38)30-23(47-35)17-44-33(48-30)20-12-8-5-9-13-20/h4-13,18,21-40H,14-17H2,1-3H3/t18-,21+,22?,23-,24?,25?,26?,27?,28?,29+,30+,31-,32+,33?,34+,35+/m0/s1. The first-order valence-electron chi connectivity index (χ1n) is 16.8. The molecule has 15 heteroatoms. The van der Waals surface area contributed by atoms with E-state index >= 15 is 0 Å². The largest absolute Gasteiger partial charge is 0.394 e. The van der Waals surface area contributed by atoms with Crippen molar-refractivity contribution in [3.63, 3.8) is 0 Å². The van der Waals surface area contributed by atoms with Crippen LogP contribution in [-0.4, -0.2) is 152 Å². The molecule has 4 aliphatic rings. The minimum absolute atomic E-state index is 0.0149. The first-order valence-corrected chi connectivity index (χ1v) is 16.8. The van der Waals surface area contributed by atoms with E-state index in [1.165, 1.54) is 14.2 Å². The zero-order valence-electron chi connectivity index (χ0n) is 28.2. The first kappa shape index (κ1) is 37.6. The van der Waals surface area contributed by atoms with Gasteiger partial charge < -0.3 is 72.9 Å². The number of aliphatic hydroxyl groups excluding tert-OH is 5. The SMILES string of the molecule is COC1[C@H](C)OC(COCc2ccccc2)[C@H](O[C@H]2O[C@H](CO)[C@@H](O[C@H]3O[C@H]4COC(c5ccccc5)O[C@H]4C(O)C3O)C(O)C2O)[C@@H]1OC. The number of hydrogen-bond donors (Lipinski definition) is 5. The van der Waals surface area contributed by atoms with E-state index in [1.54, 1.807) is 0 Å². The van der Waals surface area contributed by atoms with Crippen LogP contribution in [0, 0.1) is 0 Å². The third kappa shape index (κ3) is 8.07. The molecule has 7 unspecified atom stereocenters. The van der Waals surface area contributed by atoms with Gasteiger partial charge in [-0.25, -0.2) is 0 Å². The van der Waals surface area contributed by atoms with E-state index in [4.69, 9.17) is 47.4 Å². The lowest BCUT2D eigenvalue weighted by atomic mass is 9.94. The second kappa shape index (κ2) is 17.1. The lowest BCUT2D eigenvalue weighted by Gasteiger charge is -2.50. The summed E-state index contributed by atoms with van der Waals surface area (Å²) in [4.78, 5) is 0. The van der Waals surface area contributed by atoms with Crippen molar-refractivity contribution in [3.05, 3.63) is 71.8 Å². The van der Waals surface area contributed by atoms with Gasteiger partial charge in [-0.2, -0.15) is 0 Å². The van der Waals surface area contributed by atoms with Crippen LogP contribution in [0.2, 0.25) is 0 Å². The minimum Gasteiger partial charge on any atom is -0.394 e. The van der Waals surface area contributed by atoms with Crippen LogP contribution in [-0.2, 0) is 54.0 Å². The average Bonchev–Trinajstić information content (AvgIpc) is 3.14. The van der Waals surface area contributed by atoms with E-state index in [2.05, 4.69) is 0 Å². The summed E-state index contributed by atoms with van der Waals surface area (Å²) in [5.74, 6) is 0. The van der Waals surface area contributed by atoms with Gasteiger partial charge in [-0.05, 0) is 12.5 Å². The molecule has 0 saturated carbocycles. The lowest BCUT2D eigenvalue weighted by molar-refractivity contribution is -0.391. The molecule has 0 aromatic heterocycles. The molecule has 50 heavy (non-hydrogen) atoms. The Morgan fingerprint density at radius 3 is 2.00 bits per heavy atom. The normalized spacial score (nSPS) is 42.2. The Bertz CT molecular complexity index is 1300. The van der Waals surface area contributed by atoms with Crippen molar-refractivity contribution in [2.24, 2.45) is 0 Å². The highest BCUT2D eigenvalue weighted by Crippen LogP contribution is 2.37. The molecule has 4 heterocycles. The van der Waals surface area contributed by atoms with Crippen LogP contribution in [0.1, 0.15) is 24.3 Å². The summed E-state index contributed by atoms with van der Waals surface area (Å²) in [5.41, 5.74) is 1.70. The summed E-state index contributed by atoms with van der Waals surface area (Å²) < 4.78 is 59.5. The van der Waals surface area contributed by atoms with Crippen molar-refractivity contribution in [1.29, 1.82) is 0 Å². The molecule has 16 atom stereocenters. The van der Waals surface area contributed by atoms with Gasteiger partial charge >= 0.3 is 0 Å². The van der Waals surface area contributed by atoms with Gasteiger partial charge in [-0.3, -0.25) is 0 Å². The molecule has 2 aromatic carbocycles. The highest BCUT2D eigenvalue weighted by molar-refractivity contribution is 5.17. The maximum absolute atomic E-state index is 11.3. The highest BCUT2D eigenvalue weighted by atomic mass is 16.8. The van der Waals surface area contributed by atoms with E-state index in [-0.39, 0.29) is 13.2 Å². The average molecular weight is 709 g/mol. The van der Waals surface area contributed by atoms with Gasteiger partial charge in [-0.1, -0.05) is 60.7 Å². The Kier molecular flexibility index (Phi) is 12.9. The van der Waals surface area contributed by atoms with Crippen LogP contribution in [0.25, 0.3) is 0 Å². The van der Waals surface area contributed by atoms with Crippen LogP contribution in [0.3, 0.4) is 0 Å². The van der Waals surface area contributed by atoms with Gasteiger partial charge in [0.2, 0.25) is 0 Å². The fourth-order valence-electron chi connectivity index (χ4n) is 6.97. The molecule has 0 aliphatic carbocycles. The smallest absolute Gasteiger partial charge is 0.187 e. The van der Waals surface area contributed by atoms with E-state index in [1.807, 2.05) is 67.6 Å². The number of methoxy groups -OCH3 is 2. The Balaban J connectivity index is 1.11. The van der Waals surface area contributed by atoms with E-state index < -0.39 is 105 Å². The molecule has 0 spiro atoms. The molecule has 278 valence electrons. The van der Waals surface area contributed by atoms with Gasteiger partial charge in [-0.15, -0.1) is 0 Å². The van der Waals surface area contributed by atoms with Gasteiger partial charge in [0.05, 0.1) is 32.5 Å². The van der Waals surface area contributed by atoms with Crippen molar-refractivity contribution >= 4 is 0 Å². The third-order valence-corrected chi connectivity index (χ3v) is 9.61. The highest BCUT2D eigenvalue weighted by Gasteiger charge is 2.55. The number of ether oxygens (including phenoxy) is 10. The third-order valence-electron chi connectivity index (χ3n) is 9.61. The number of fused-ring (bicyclic) bond motifs is 1. The molecule has 0 amide bonds. The predicted molar refractivity (Wildman–Crippen MR) is 170 cm³/mol. The fraction of sp³-hybridized carbons (Fsp3) is 0.657. The summed E-state index contributed by atoms with van der Waals surface area (Å²) in [7, 11) is 3.02. The molecule has 0 bridgehead atoms. The zero-order chi connectivity index (χ0) is 35.4. The van der Waals surface area contributed by atoms with Crippen molar-refractivity contribution in [1.82, 2.24) is 0 Å². The molecule has 4 saturated heterocycles. The monoisotopic (exact) mass is 708 g/mol. The topological polar surface area (TPSA) is 193 Å². The second-order valence-corrected chi connectivity index (χ2v) is 12.9. The summed E-state index contributed by atoms with van der Waals surface area (Å²) in [5, 5.41) is 54.9. The summed E-state index contributed by atoms with van der Waals surface area (Å²) in [6, 6.07) is 18.8. The van der Waals surface area contributed by atoms with Crippen molar-refractivity contribution in [2.45, 2.75) is 112 Å². The number of aliphatic hydroxyl groups is 5. The van der Waals surface area contributed by atoms with Gasteiger partial charge in [0, 0.05) is 19.8 Å². The van der Waals surface area contributed by atoms with E-state index in [0.717, 1.165) is 11.1 Å². The van der Waals surface area contributed by atoms with Crippen LogP contribution in [0.5, 0.6) is 0 Å². The molecule has 15 nitrogen and oxygen atoms in total. The van der Waals surface area contributed by atoms with Crippen molar-refractivity contribution < 1.29 is 72.9 Å². The Labute approximate surface area is 290 Å². The molecular formula is C35H48O15. The molecule has 2 aromatic rings. The maximum Gasteiger partial charge on any atom is 0.187 e. The van der Waals surface area contributed by atoms with E-state index in [9.17, 15) is 25.5 Å². The quantitative estimate of drug-likeness (QED) is 0.194. The summed E-state index contributed by atoms with van der Waals surface area (Å²) >= 11 is 0. The number of rotatable bonds is 12. The Hall–Kier alpha value is -2.16. The molecule has 4 fully saturated rings. The molecule has 4 aliphatic heterocycles. The minimum atomic E-state index is -1.70. The Morgan fingerprint density at radius 2 is 1.32 bits per heavy atom. The Morgan fingerprint density at radius 1 is 0.680 bits per heavy atom. The molecular weight excluding hydrogens is 660 g/mol. The molecule has 0 radical (unpaired) electrons. The van der Waals surface area contributed by atoms with Crippen molar-refractivity contribution in [2.75, 3.05) is 34.0 Å². The fourth-order valence-corrected chi connectivity index (χ4v) is 6.97. The number of hydrogen-bond acceptors (Lipinski definition) is 15. The van der Waals surface area contributed by atoms with E-state index in [0.29, 0.717) is 6.61 Å². The zero-order valence-corrected chi connectivity index (χ0v) is 28.2. The molecule has 6 rings (SSSR count). The second-order valence-electron chi connectivity index (χ2n) is 12.9. The number of benzene rings is 2. The predicted octanol–water partition coefficient (Wildman–Crippen LogP) is -0.209. The van der Waals surface area contributed by atoms with Crippen molar-refractivity contribution in [3.8, 4) is 0 Å². The van der Waals surface area contributed by atoms with Crippen LogP contribution in [0.15, 0.2) is 60.7 Å². The van der Waals surface area contributed by atoms with Crippen LogP contribution < -0.4 is 0 Å². The van der Waals surface area contributed by atoms with Gasteiger partial charge in [0.25, 0.3) is 0 Å². The summed E-state index contributed by atoms with van der Waals surface area (Å²) in [6.45, 7) is 1.61. The van der Waals surface area contributed by atoms with Gasteiger partial charge in [0.15, 0.2) is 18.9 Å². The lowest BCUT2D eigenvalue weighted by Crippen LogP contribution is -2.67.